The zero-order valence-electron chi connectivity index (χ0n) is 15.6. The largest absolute Gasteiger partial charge is 0.467 e. The van der Waals surface area contributed by atoms with Gasteiger partial charge in [-0.15, -0.1) is 0 Å². The summed E-state index contributed by atoms with van der Waals surface area (Å²) < 4.78 is 45.2. The molecule has 1 aliphatic rings. The fourth-order valence-electron chi connectivity index (χ4n) is 3.37. The van der Waals surface area contributed by atoms with Gasteiger partial charge >= 0.3 is 6.18 Å². The molecule has 2 aromatic heterocycles. The van der Waals surface area contributed by atoms with E-state index in [9.17, 15) is 13.2 Å². The number of hydrogen-bond acceptors (Lipinski definition) is 5. The van der Waals surface area contributed by atoms with Crippen molar-refractivity contribution in [3.05, 3.63) is 35.9 Å². The van der Waals surface area contributed by atoms with Crippen LogP contribution in [-0.4, -0.2) is 28.2 Å². The lowest BCUT2D eigenvalue weighted by atomic mass is 9.92. The van der Waals surface area contributed by atoms with Crippen LogP contribution in [0.15, 0.2) is 28.9 Å². The van der Waals surface area contributed by atoms with Crippen LogP contribution in [0.2, 0.25) is 0 Å². The van der Waals surface area contributed by atoms with Gasteiger partial charge in [0.2, 0.25) is 5.95 Å². The third-order valence-electron chi connectivity index (χ3n) is 4.42. The van der Waals surface area contributed by atoms with Crippen LogP contribution in [0, 0.1) is 11.8 Å². The Morgan fingerprint density at radius 3 is 2.61 bits per heavy atom. The number of thiocarbonyl (C=S) groups is 1. The van der Waals surface area contributed by atoms with E-state index >= 15 is 0 Å². The van der Waals surface area contributed by atoms with Gasteiger partial charge in [-0.05, 0) is 42.6 Å². The van der Waals surface area contributed by atoms with Gasteiger partial charge in [0.05, 0.1) is 12.8 Å². The van der Waals surface area contributed by atoms with Gasteiger partial charge in [0.15, 0.2) is 10.8 Å². The molecule has 2 aromatic rings. The van der Waals surface area contributed by atoms with E-state index in [4.69, 9.17) is 16.6 Å². The summed E-state index contributed by atoms with van der Waals surface area (Å²) in [5.74, 6) is 1.46. The molecule has 1 aliphatic heterocycles. The highest BCUT2D eigenvalue weighted by Crippen LogP contribution is 2.32. The summed E-state index contributed by atoms with van der Waals surface area (Å²) in [6, 6.07) is 4.48. The van der Waals surface area contributed by atoms with Gasteiger partial charge in [-0.3, -0.25) is 0 Å². The summed E-state index contributed by atoms with van der Waals surface area (Å²) in [6.45, 7) is 5.77. The predicted octanol–water partition coefficient (Wildman–Crippen LogP) is 4.06. The summed E-state index contributed by atoms with van der Waals surface area (Å²) >= 11 is 5.14. The minimum absolute atomic E-state index is 0.113. The number of hydrogen-bond donors (Lipinski definition) is 2. The molecular formula is C18H22F3N5OS. The van der Waals surface area contributed by atoms with Crippen molar-refractivity contribution in [3.63, 3.8) is 0 Å². The molecule has 0 aliphatic carbocycles. The number of nitrogens with zero attached hydrogens (tertiary/aromatic N) is 3. The molecular weight excluding hydrogens is 391 g/mol. The minimum atomic E-state index is -4.58. The Morgan fingerprint density at radius 2 is 2.00 bits per heavy atom. The van der Waals surface area contributed by atoms with Gasteiger partial charge in [-0.2, -0.15) is 18.2 Å². The zero-order chi connectivity index (χ0) is 20.3. The van der Waals surface area contributed by atoms with Gasteiger partial charge in [0.25, 0.3) is 0 Å². The standard InChI is InChI=1S/C18H22F3N5OS/c1-11-6-12(2)10-26(9-11)15-7-14(18(19,20)21)23-16(24-15)25-17(28)22-8-13-4-3-5-27-13/h3-5,7,11-12H,6,8-10H2,1-2H3,(H2,22,23,24,25,28)/t11-,12+. The van der Waals surface area contributed by atoms with E-state index in [1.165, 1.54) is 6.26 Å². The number of nitrogens with one attached hydrogen (secondary N) is 2. The molecule has 0 radical (unpaired) electrons. The maximum absolute atomic E-state index is 13.3. The minimum Gasteiger partial charge on any atom is -0.467 e. The van der Waals surface area contributed by atoms with E-state index in [1.807, 2.05) is 4.90 Å². The highest BCUT2D eigenvalue weighted by Gasteiger charge is 2.35. The number of anilines is 2. The molecule has 3 heterocycles. The molecule has 1 fully saturated rings. The quantitative estimate of drug-likeness (QED) is 0.733. The average Bonchev–Trinajstić information content (AvgIpc) is 3.11. The van der Waals surface area contributed by atoms with Gasteiger partial charge in [0.1, 0.15) is 11.6 Å². The van der Waals surface area contributed by atoms with Crippen molar-refractivity contribution in [1.29, 1.82) is 0 Å². The fourth-order valence-corrected chi connectivity index (χ4v) is 3.54. The van der Waals surface area contributed by atoms with E-state index in [-0.39, 0.29) is 16.9 Å². The van der Waals surface area contributed by atoms with Crippen molar-refractivity contribution in [2.75, 3.05) is 23.3 Å². The van der Waals surface area contributed by atoms with Gasteiger partial charge in [-0.25, -0.2) is 4.98 Å². The van der Waals surface area contributed by atoms with Gasteiger partial charge < -0.3 is 20.0 Å². The summed E-state index contributed by atoms with van der Waals surface area (Å²) in [6.07, 6.45) is -2.01. The first-order valence-corrected chi connectivity index (χ1v) is 9.40. The molecule has 0 bridgehead atoms. The Kier molecular flexibility index (Phi) is 6.07. The highest BCUT2D eigenvalue weighted by atomic mass is 32.1. The summed E-state index contributed by atoms with van der Waals surface area (Å²) in [5.41, 5.74) is -1.00. The Hall–Kier alpha value is -2.36. The molecule has 2 N–H and O–H groups in total. The Balaban J connectivity index is 1.78. The number of aromatic nitrogens is 2. The first-order valence-electron chi connectivity index (χ1n) is 8.99. The summed E-state index contributed by atoms with van der Waals surface area (Å²) in [5, 5.41) is 5.62. The third kappa shape index (κ3) is 5.34. The maximum Gasteiger partial charge on any atom is 0.433 e. The van der Waals surface area contributed by atoms with E-state index in [0.717, 1.165) is 12.5 Å². The molecule has 0 amide bonds. The molecule has 2 atom stereocenters. The predicted molar refractivity (Wildman–Crippen MR) is 104 cm³/mol. The lowest BCUT2D eigenvalue weighted by Crippen LogP contribution is -2.39. The molecule has 28 heavy (non-hydrogen) atoms. The van der Waals surface area contributed by atoms with Crippen LogP contribution in [0.3, 0.4) is 0 Å². The van der Waals surface area contributed by atoms with Crippen LogP contribution in [0.4, 0.5) is 24.9 Å². The van der Waals surface area contributed by atoms with Crippen molar-refractivity contribution in [3.8, 4) is 0 Å². The first kappa shape index (κ1) is 20.4. The van der Waals surface area contributed by atoms with Crippen LogP contribution in [0.5, 0.6) is 0 Å². The number of rotatable bonds is 4. The molecule has 6 nitrogen and oxygen atoms in total. The molecule has 10 heteroatoms. The second-order valence-electron chi connectivity index (χ2n) is 7.17. The molecule has 0 aromatic carbocycles. The molecule has 3 rings (SSSR count). The average molecular weight is 413 g/mol. The second-order valence-corrected chi connectivity index (χ2v) is 7.58. The first-order chi connectivity index (χ1) is 13.2. The van der Waals surface area contributed by atoms with Crippen LogP contribution in [0.1, 0.15) is 31.7 Å². The third-order valence-corrected chi connectivity index (χ3v) is 4.67. The topological polar surface area (TPSA) is 66.2 Å². The normalized spacial score (nSPS) is 20.1. The lowest BCUT2D eigenvalue weighted by molar-refractivity contribution is -0.141. The zero-order valence-corrected chi connectivity index (χ0v) is 16.4. The fraction of sp³-hybridized carbons (Fsp3) is 0.500. The molecule has 0 unspecified atom stereocenters. The monoisotopic (exact) mass is 413 g/mol. The highest BCUT2D eigenvalue weighted by molar-refractivity contribution is 7.80. The lowest BCUT2D eigenvalue weighted by Gasteiger charge is -2.36. The van der Waals surface area contributed by atoms with E-state index in [1.54, 1.807) is 12.1 Å². The number of halogens is 3. The smallest absolute Gasteiger partial charge is 0.433 e. The van der Waals surface area contributed by atoms with Gasteiger partial charge in [0, 0.05) is 19.2 Å². The number of piperidine rings is 1. The molecule has 1 saturated heterocycles. The van der Waals surface area contributed by atoms with E-state index < -0.39 is 11.9 Å². The number of furan rings is 1. The Labute approximate surface area is 166 Å². The van der Waals surface area contributed by atoms with Crippen LogP contribution < -0.4 is 15.5 Å². The second kappa shape index (κ2) is 8.34. The van der Waals surface area contributed by atoms with Crippen LogP contribution in [0.25, 0.3) is 0 Å². The van der Waals surface area contributed by atoms with Crippen molar-refractivity contribution in [2.24, 2.45) is 11.8 Å². The van der Waals surface area contributed by atoms with Crippen molar-refractivity contribution < 1.29 is 17.6 Å². The molecule has 152 valence electrons. The van der Waals surface area contributed by atoms with Crippen molar-refractivity contribution >= 4 is 29.1 Å². The van der Waals surface area contributed by atoms with Crippen molar-refractivity contribution in [2.45, 2.75) is 33.0 Å². The van der Waals surface area contributed by atoms with Gasteiger partial charge in [-0.1, -0.05) is 13.8 Å². The Morgan fingerprint density at radius 1 is 1.29 bits per heavy atom. The van der Waals surface area contributed by atoms with Crippen molar-refractivity contribution in [1.82, 2.24) is 15.3 Å². The van der Waals surface area contributed by atoms with E-state index in [0.29, 0.717) is 37.2 Å². The summed E-state index contributed by atoms with van der Waals surface area (Å²) in [4.78, 5) is 9.75. The number of alkyl halides is 3. The maximum atomic E-state index is 13.3. The van der Waals surface area contributed by atoms with Crippen LogP contribution >= 0.6 is 12.2 Å². The summed E-state index contributed by atoms with van der Waals surface area (Å²) in [7, 11) is 0. The van der Waals surface area contributed by atoms with Crippen LogP contribution in [-0.2, 0) is 12.7 Å². The SMILES string of the molecule is C[C@@H]1C[C@H](C)CN(c2cc(C(F)(F)F)nc(NC(=S)NCc3ccco3)n2)C1. The van der Waals surface area contributed by atoms with E-state index in [2.05, 4.69) is 34.4 Å². The molecule has 0 spiro atoms. The molecule has 0 saturated carbocycles. The Bertz CT molecular complexity index is 802.